The van der Waals surface area contributed by atoms with E-state index in [2.05, 4.69) is 124 Å². The van der Waals surface area contributed by atoms with Crippen LogP contribution in [0.3, 0.4) is 0 Å². The van der Waals surface area contributed by atoms with Crippen LogP contribution in [-0.2, 0) is 0 Å². The molecule has 0 atom stereocenters. The van der Waals surface area contributed by atoms with Crippen molar-refractivity contribution < 1.29 is 0 Å². The van der Waals surface area contributed by atoms with Crippen molar-refractivity contribution in [1.29, 1.82) is 0 Å². The molecular weight excluding hydrogens is 444 g/mol. The van der Waals surface area contributed by atoms with Crippen LogP contribution >= 0.6 is 0 Å². The van der Waals surface area contributed by atoms with Crippen LogP contribution in [0.1, 0.15) is 59.7 Å². The molecule has 0 nitrogen and oxygen atoms in total. The van der Waals surface area contributed by atoms with Gasteiger partial charge in [0.15, 0.2) is 0 Å². The zero-order chi connectivity index (χ0) is 25.2. The summed E-state index contributed by atoms with van der Waals surface area (Å²) < 4.78 is 0. The molecule has 0 spiro atoms. The Kier molecular flexibility index (Phi) is 23.4. The van der Waals surface area contributed by atoms with E-state index in [-0.39, 0.29) is 22.3 Å². The summed E-state index contributed by atoms with van der Waals surface area (Å²) in [6.07, 6.45) is 1.75. The van der Waals surface area contributed by atoms with Gasteiger partial charge in [-0.1, -0.05) is 174 Å². The number of fused-ring (bicyclic) bond motifs is 2. The Hall–Kier alpha value is -3.64. The third-order valence-electron chi connectivity index (χ3n) is 4.75. The first kappa shape index (κ1) is 37.9. The molecule has 0 saturated carbocycles. The second-order valence-electron chi connectivity index (χ2n) is 7.76. The smallest absolute Gasteiger partial charge is 0.0181 e. The SMILES string of the molecule is C.C.C.C=CC.CC.Cc1ccc2ccccc2c1.Cc1ccc2ccccc2c1.Cc1ccccc1. The van der Waals surface area contributed by atoms with Gasteiger partial charge >= 0.3 is 0 Å². The maximum atomic E-state index is 3.36. The average Bonchev–Trinajstić information content (AvgIpc) is 2.87. The molecule has 0 aromatic heterocycles. The van der Waals surface area contributed by atoms with Gasteiger partial charge < -0.3 is 0 Å². The van der Waals surface area contributed by atoms with Crippen LogP contribution in [0.2, 0.25) is 0 Å². The molecule has 5 aromatic rings. The molecule has 0 radical (unpaired) electrons. The van der Waals surface area contributed by atoms with E-state index in [1.165, 1.54) is 38.2 Å². The fraction of sp³-hybridized carbons (Fsp3) is 0.243. The van der Waals surface area contributed by atoms with E-state index in [0.717, 1.165) is 0 Å². The first-order chi connectivity index (χ1) is 16.5. The summed E-state index contributed by atoms with van der Waals surface area (Å²) in [6.45, 7) is 15.6. The van der Waals surface area contributed by atoms with E-state index < -0.39 is 0 Å². The van der Waals surface area contributed by atoms with Gasteiger partial charge in [0.1, 0.15) is 0 Å². The molecule has 0 amide bonds. The first-order valence-corrected chi connectivity index (χ1v) is 12.0. The summed E-state index contributed by atoms with van der Waals surface area (Å²) in [5.41, 5.74) is 3.97. The Morgan fingerprint density at radius 3 is 1.03 bits per heavy atom. The van der Waals surface area contributed by atoms with Crippen LogP contribution in [0.15, 0.2) is 128 Å². The summed E-state index contributed by atoms with van der Waals surface area (Å²) >= 11 is 0. The van der Waals surface area contributed by atoms with Crippen molar-refractivity contribution in [3.8, 4) is 0 Å². The predicted octanol–water partition coefficient (Wildman–Crippen LogP) is 12.4. The molecule has 0 N–H and O–H groups in total. The van der Waals surface area contributed by atoms with E-state index in [1.807, 2.05) is 39.0 Å². The quantitative estimate of drug-likeness (QED) is 0.187. The summed E-state index contributed by atoms with van der Waals surface area (Å²) in [5, 5.41) is 5.29. The third kappa shape index (κ3) is 15.2. The van der Waals surface area contributed by atoms with Gasteiger partial charge in [0.2, 0.25) is 0 Å². The molecule has 0 fully saturated rings. The maximum Gasteiger partial charge on any atom is -0.0181 e. The third-order valence-corrected chi connectivity index (χ3v) is 4.75. The highest BCUT2D eigenvalue weighted by Crippen LogP contribution is 2.15. The molecular formula is C37H52. The van der Waals surface area contributed by atoms with Crippen molar-refractivity contribution in [1.82, 2.24) is 0 Å². The van der Waals surface area contributed by atoms with Gasteiger partial charge in [0, 0.05) is 0 Å². The Labute approximate surface area is 229 Å². The Morgan fingerprint density at radius 1 is 0.432 bits per heavy atom. The predicted molar refractivity (Wildman–Crippen MR) is 176 cm³/mol. The average molecular weight is 497 g/mol. The van der Waals surface area contributed by atoms with Crippen molar-refractivity contribution in [2.75, 3.05) is 0 Å². The Morgan fingerprint density at radius 2 is 0.730 bits per heavy atom. The van der Waals surface area contributed by atoms with Crippen LogP contribution in [0.25, 0.3) is 21.5 Å². The van der Waals surface area contributed by atoms with E-state index in [9.17, 15) is 0 Å². The maximum absolute atomic E-state index is 3.36. The van der Waals surface area contributed by atoms with Crippen LogP contribution in [0.5, 0.6) is 0 Å². The first-order valence-electron chi connectivity index (χ1n) is 12.0. The second-order valence-corrected chi connectivity index (χ2v) is 7.76. The standard InChI is InChI=1S/2C11H10.C7H8.C3H6.C2H6.3CH4/c2*1-9-6-7-10-4-2-3-5-11(10)8-9;1-7-5-3-2-4-6-7;1-3-2;1-2;;;/h2*2-8H,1H3;2-6H,1H3;3H,1H2,2H3;1-2H3;3*1H4. The van der Waals surface area contributed by atoms with Gasteiger partial charge in [-0.05, 0) is 49.2 Å². The van der Waals surface area contributed by atoms with Gasteiger partial charge in [-0.3, -0.25) is 0 Å². The van der Waals surface area contributed by atoms with Crippen LogP contribution in [0.4, 0.5) is 0 Å². The van der Waals surface area contributed by atoms with Gasteiger partial charge in [0.25, 0.3) is 0 Å². The summed E-state index contributed by atoms with van der Waals surface area (Å²) in [7, 11) is 0. The fourth-order valence-electron chi connectivity index (χ4n) is 3.15. The molecule has 0 aliphatic carbocycles. The van der Waals surface area contributed by atoms with Crippen molar-refractivity contribution in [2.45, 2.75) is 63.8 Å². The number of allylic oxidation sites excluding steroid dienone is 1. The molecule has 0 saturated heterocycles. The van der Waals surface area contributed by atoms with Crippen molar-refractivity contribution >= 4 is 21.5 Å². The monoisotopic (exact) mass is 496 g/mol. The molecule has 0 heterocycles. The lowest BCUT2D eigenvalue weighted by Crippen LogP contribution is -1.73. The lowest BCUT2D eigenvalue weighted by atomic mass is 10.1. The minimum absolute atomic E-state index is 0. The number of rotatable bonds is 0. The number of aryl methyl sites for hydroxylation is 3. The number of hydrogen-bond acceptors (Lipinski definition) is 0. The van der Waals surface area contributed by atoms with Crippen LogP contribution < -0.4 is 0 Å². The molecule has 0 aliphatic rings. The fourth-order valence-corrected chi connectivity index (χ4v) is 3.15. The Bertz CT molecular complexity index is 1140. The molecule has 0 bridgehead atoms. The second kappa shape index (κ2) is 22.8. The highest BCUT2D eigenvalue weighted by molar-refractivity contribution is 5.83. The molecule has 5 rings (SSSR count). The highest BCUT2D eigenvalue weighted by atomic mass is 14.0. The summed E-state index contributed by atoms with van der Waals surface area (Å²) in [5.74, 6) is 0. The van der Waals surface area contributed by atoms with Crippen molar-refractivity contribution in [3.05, 3.63) is 145 Å². The van der Waals surface area contributed by atoms with Gasteiger partial charge in [-0.2, -0.15) is 0 Å². The number of benzene rings is 5. The van der Waals surface area contributed by atoms with E-state index in [0.29, 0.717) is 0 Å². The normalized spacial score (nSPS) is 8.27. The summed E-state index contributed by atoms with van der Waals surface area (Å²) in [6, 6.07) is 40.1. The van der Waals surface area contributed by atoms with Crippen molar-refractivity contribution in [2.24, 2.45) is 0 Å². The minimum Gasteiger partial charge on any atom is -0.103 e. The van der Waals surface area contributed by atoms with E-state index in [1.54, 1.807) is 6.08 Å². The zero-order valence-corrected chi connectivity index (χ0v) is 21.8. The van der Waals surface area contributed by atoms with E-state index in [4.69, 9.17) is 0 Å². The van der Waals surface area contributed by atoms with E-state index >= 15 is 0 Å². The topological polar surface area (TPSA) is 0 Å². The Balaban J connectivity index is -0.000000423. The summed E-state index contributed by atoms with van der Waals surface area (Å²) in [4.78, 5) is 0. The highest BCUT2D eigenvalue weighted by Gasteiger charge is 1.90. The zero-order valence-electron chi connectivity index (χ0n) is 21.8. The lowest BCUT2D eigenvalue weighted by Gasteiger charge is -1.96. The molecule has 200 valence electrons. The minimum atomic E-state index is 0. The van der Waals surface area contributed by atoms with Gasteiger partial charge in [0.05, 0.1) is 0 Å². The number of hydrogen-bond donors (Lipinski definition) is 0. The molecule has 0 unspecified atom stereocenters. The molecule has 37 heavy (non-hydrogen) atoms. The van der Waals surface area contributed by atoms with Gasteiger partial charge in [-0.15, -0.1) is 6.58 Å². The largest absolute Gasteiger partial charge is 0.103 e. The van der Waals surface area contributed by atoms with Crippen LogP contribution in [0, 0.1) is 20.8 Å². The molecule has 0 aliphatic heterocycles. The molecule has 5 aromatic carbocycles. The van der Waals surface area contributed by atoms with Crippen molar-refractivity contribution in [3.63, 3.8) is 0 Å². The molecule has 0 heteroatoms. The van der Waals surface area contributed by atoms with Gasteiger partial charge in [-0.25, -0.2) is 0 Å². The lowest BCUT2D eigenvalue weighted by molar-refractivity contribution is 1.48. The van der Waals surface area contributed by atoms with Crippen LogP contribution in [-0.4, -0.2) is 0 Å².